The molecule has 2 rings (SSSR count). The molecule has 8 nitrogen and oxygen atoms in total. The van der Waals surface area contributed by atoms with Crippen molar-refractivity contribution in [1.82, 2.24) is 25.3 Å². The van der Waals surface area contributed by atoms with Crippen molar-refractivity contribution < 1.29 is 9.53 Å². The van der Waals surface area contributed by atoms with E-state index in [4.69, 9.17) is 4.74 Å². The monoisotopic (exact) mass is 478 g/mol. The molecule has 1 atom stereocenters. The van der Waals surface area contributed by atoms with E-state index in [1.54, 1.807) is 11.7 Å². The second-order valence-electron chi connectivity index (χ2n) is 6.90. The number of nitrogens with zero attached hydrogens (tertiary/aromatic N) is 4. The molecule has 26 heavy (non-hydrogen) atoms. The fourth-order valence-corrected chi connectivity index (χ4v) is 2.76. The van der Waals surface area contributed by atoms with Gasteiger partial charge in [-0.3, -0.25) is 14.5 Å². The van der Waals surface area contributed by atoms with E-state index in [1.165, 1.54) is 0 Å². The number of amides is 1. The van der Waals surface area contributed by atoms with Gasteiger partial charge in [0.25, 0.3) is 0 Å². The standard InChI is InChI=1S/C17H30N6O2.HI/c1-6-19-15(24)17(2,3)12-20-16(18-4)23-7-8-25-14(11-23)13-9-21-22(5)10-13;/h9-10,14H,6-8,11-12H2,1-5H3,(H,18,20)(H,19,24);1H. The van der Waals surface area contributed by atoms with E-state index in [2.05, 4.69) is 25.6 Å². The van der Waals surface area contributed by atoms with E-state index >= 15 is 0 Å². The quantitative estimate of drug-likeness (QED) is 0.377. The lowest BCUT2D eigenvalue weighted by Gasteiger charge is -2.36. The van der Waals surface area contributed by atoms with Crippen LogP contribution in [0.3, 0.4) is 0 Å². The van der Waals surface area contributed by atoms with E-state index in [0.29, 0.717) is 26.2 Å². The maximum absolute atomic E-state index is 12.1. The summed E-state index contributed by atoms with van der Waals surface area (Å²) in [6.45, 7) is 9.01. The molecular formula is C17H31IN6O2. The molecule has 1 saturated heterocycles. The van der Waals surface area contributed by atoms with Crippen LogP contribution in [0, 0.1) is 5.41 Å². The first-order chi connectivity index (χ1) is 11.9. The number of ether oxygens (including phenoxy) is 1. The molecule has 1 aliphatic rings. The summed E-state index contributed by atoms with van der Waals surface area (Å²) in [4.78, 5) is 18.7. The van der Waals surface area contributed by atoms with Crippen LogP contribution >= 0.6 is 24.0 Å². The largest absolute Gasteiger partial charge is 0.370 e. The molecule has 9 heteroatoms. The highest BCUT2D eigenvalue weighted by molar-refractivity contribution is 14.0. The molecule has 2 heterocycles. The lowest BCUT2D eigenvalue weighted by Crippen LogP contribution is -2.52. The number of nitrogens with one attached hydrogen (secondary N) is 2. The smallest absolute Gasteiger partial charge is 0.227 e. The van der Waals surface area contributed by atoms with Gasteiger partial charge in [0, 0.05) is 45.5 Å². The van der Waals surface area contributed by atoms with Crippen LogP contribution in [0.5, 0.6) is 0 Å². The van der Waals surface area contributed by atoms with Crippen LogP contribution in [0.15, 0.2) is 17.4 Å². The third-order valence-electron chi connectivity index (χ3n) is 4.31. The van der Waals surface area contributed by atoms with E-state index in [9.17, 15) is 4.79 Å². The summed E-state index contributed by atoms with van der Waals surface area (Å²) in [6, 6.07) is 0. The molecule has 1 aromatic rings. The number of guanidine groups is 1. The van der Waals surface area contributed by atoms with Gasteiger partial charge in [0.15, 0.2) is 5.96 Å². The van der Waals surface area contributed by atoms with Gasteiger partial charge >= 0.3 is 0 Å². The lowest BCUT2D eigenvalue weighted by atomic mass is 9.92. The van der Waals surface area contributed by atoms with Crippen LogP contribution in [-0.4, -0.2) is 66.4 Å². The van der Waals surface area contributed by atoms with Crippen molar-refractivity contribution in [3.05, 3.63) is 18.0 Å². The minimum absolute atomic E-state index is 0. The fourth-order valence-electron chi connectivity index (χ4n) is 2.76. The lowest BCUT2D eigenvalue weighted by molar-refractivity contribution is -0.128. The van der Waals surface area contributed by atoms with Crippen molar-refractivity contribution in [2.24, 2.45) is 17.5 Å². The van der Waals surface area contributed by atoms with Crippen LogP contribution in [0.4, 0.5) is 0 Å². The van der Waals surface area contributed by atoms with Crippen LogP contribution in [0.25, 0.3) is 0 Å². The average Bonchev–Trinajstić information content (AvgIpc) is 3.02. The number of halogens is 1. The van der Waals surface area contributed by atoms with Gasteiger partial charge in [0.05, 0.1) is 24.8 Å². The Kier molecular flexibility index (Phi) is 8.81. The summed E-state index contributed by atoms with van der Waals surface area (Å²) in [5.74, 6) is 0.822. The Labute approximate surface area is 172 Å². The first-order valence-electron chi connectivity index (χ1n) is 8.71. The first kappa shape index (κ1) is 22.7. The van der Waals surface area contributed by atoms with Crippen LogP contribution in [-0.2, 0) is 16.6 Å². The van der Waals surface area contributed by atoms with Gasteiger partial charge in [-0.1, -0.05) is 0 Å². The molecule has 0 radical (unpaired) electrons. The van der Waals surface area contributed by atoms with Gasteiger partial charge < -0.3 is 20.3 Å². The zero-order valence-corrected chi connectivity index (χ0v) is 18.6. The van der Waals surface area contributed by atoms with Crippen molar-refractivity contribution in [3.63, 3.8) is 0 Å². The van der Waals surface area contributed by atoms with E-state index < -0.39 is 5.41 Å². The number of carbonyl (C=O) groups excluding carboxylic acids is 1. The number of aryl methyl sites for hydroxylation is 1. The zero-order valence-electron chi connectivity index (χ0n) is 16.3. The second-order valence-corrected chi connectivity index (χ2v) is 6.90. The third-order valence-corrected chi connectivity index (χ3v) is 4.31. The minimum atomic E-state index is -0.513. The Morgan fingerprint density at radius 3 is 2.77 bits per heavy atom. The summed E-state index contributed by atoms with van der Waals surface area (Å²) < 4.78 is 7.65. The van der Waals surface area contributed by atoms with Crippen molar-refractivity contribution in [2.75, 3.05) is 39.8 Å². The molecule has 1 fully saturated rings. The number of morpholine rings is 1. The van der Waals surface area contributed by atoms with Crippen molar-refractivity contribution in [2.45, 2.75) is 26.9 Å². The molecule has 0 bridgehead atoms. The fraction of sp³-hybridized carbons (Fsp3) is 0.706. The number of hydrogen-bond donors (Lipinski definition) is 2. The summed E-state index contributed by atoms with van der Waals surface area (Å²) >= 11 is 0. The molecule has 2 N–H and O–H groups in total. The van der Waals surface area contributed by atoms with Gasteiger partial charge in [-0.2, -0.15) is 5.10 Å². The van der Waals surface area contributed by atoms with Gasteiger partial charge in [-0.25, -0.2) is 0 Å². The van der Waals surface area contributed by atoms with E-state index in [-0.39, 0.29) is 36.0 Å². The Balaban J connectivity index is 0.00000338. The number of aromatic nitrogens is 2. The predicted octanol–water partition coefficient (Wildman–Crippen LogP) is 1.15. The van der Waals surface area contributed by atoms with Crippen molar-refractivity contribution in [1.29, 1.82) is 0 Å². The zero-order chi connectivity index (χ0) is 18.4. The molecule has 148 valence electrons. The Bertz CT molecular complexity index is 616. The van der Waals surface area contributed by atoms with E-state index in [0.717, 1.165) is 18.1 Å². The van der Waals surface area contributed by atoms with Gasteiger partial charge in [-0.15, -0.1) is 24.0 Å². The van der Waals surface area contributed by atoms with Crippen LogP contribution in [0.2, 0.25) is 0 Å². The predicted molar refractivity (Wildman–Crippen MR) is 113 cm³/mol. The van der Waals surface area contributed by atoms with Gasteiger partial charge in [0.1, 0.15) is 6.10 Å². The van der Waals surface area contributed by atoms with Gasteiger partial charge in [-0.05, 0) is 20.8 Å². The Hall–Kier alpha value is -1.36. The van der Waals surface area contributed by atoms with E-state index in [1.807, 2.05) is 40.2 Å². The summed E-state index contributed by atoms with van der Waals surface area (Å²) in [6.07, 6.45) is 3.78. The van der Waals surface area contributed by atoms with Crippen LogP contribution in [0.1, 0.15) is 32.4 Å². The molecule has 1 amide bonds. The maximum atomic E-state index is 12.1. The van der Waals surface area contributed by atoms with Crippen molar-refractivity contribution in [3.8, 4) is 0 Å². The van der Waals surface area contributed by atoms with Crippen LogP contribution < -0.4 is 10.6 Å². The average molecular weight is 478 g/mol. The maximum Gasteiger partial charge on any atom is 0.227 e. The highest BCUT2D eigenvalue weighted by Crippen LogP contribution is 2.22. The normalized spacial score (nSPS) is 18.3. The number of hydrogen-bond acceptors (Lipinski definition) is 4. The number of carbonyl (C=O) groups is 1. The Morgan fingerprint density at radius 2 is 2.19 bits per heavy atom. The molecule has 0 aromatic carbocycles. The molecule has 0 spiro atoms. The molecule has 1 unspecified atom stereocenters. The third kappa shape index (κ3) is 5.83. The topological polar surface area (TPSA) is 83.8 Å². The highest BCUT2D eigenvalue weighted by atomic mass is 127. The Morgan fingerprint density at radius 1 is 1.46 bits per heavy atom. The summed E-state index contributed by atoms with van der Waals surface area (Å²) in [7, 11) is 3.66. The highest BCUT2D eigenvalue weighted by Gasteiger charge is 2.29. The number of aliphatic imine (C=N–C) groups is 1. The molecular weight excluding hydrogens is 447 g/mol. The first-order valence-corrected chi connectivity index (χ1v) is 8.71. The van der Waals surface area contributed by atoms with Crippen molar-refractivity contribution >= 4 is 35.8 Å². The summed E-state index contributed by atoms with van der Waals surface area (Å²) in [5.41, 5.74) is 0.548. The van der Waals surface area contributed by atoms with Gasteiger partial charge in [0.2, 0.25) is 5.91 Å². The second kappa shape index (κ2) is 10.1. The SMILES string of the molecule is CCNC(=O)C(C)(C)CNC(=NC)N1CCOC(c2cnn(C)c2)C1.I. The summed E-state index contributed by atoms with van der Waals surface area (Å²) in [5, 5.41) is 10.4. The molecule has 0 aliphatic carbocycles. The number of rotatable bonds is 5. The minimum Gasteiger partial charge on any atom is -0.370 e. The molecule has 1 aliphatic heterocycles. The molecule has 1 aromatic heterocycles. The molecule has 0 saturated carbocycles.